The van der Waals surface area contributed by atoms with Crippen molar-refractivity contribution < 1.29 is 24.0 Å². The summed E-state index contributed by atoms with van der Waals surface area (Å²) in [6.45, 7) is 4.25. The summed E-state index contributed by atoms with van der Waals surface area (Å²) in [7, 11) is -4.36. The third-order valence-electron chi connectivity index (χ3n) is 1.91. The van der Waals surface area contributed by atoms with Crippen molar-refractivity contribution in [3.05, 3.63) is 0 Å². The van der Waals surface area contributed by atoms with E-state index in [0.717, 1.165) is 0 Å². The van der Waals surface area contributed by atoms with Crippen LogP contribution in [0.15, 0.2) is 0 Å². The SMILES string of the molecule is CC(C)(CCOP(=O)(O)O)NCCC[O]. The second kappa shape index (κ2) is 6.58. The maximum atomic E-state index is 10.4. The lowest BCUT2D eigenvalue weighted by molar-refractivity contribution is 0.168. The smallest absolute Gasteiger partial charge is 0.312 e. The van der Waals surface area contributed by atoms with E-state index in [1.807, 2.05) is 13.8 Å². The van der Waals surface area contributed by atoms with Crippen molar-refractivity contribution in [3.63, 3.8) is 0 Å². The van der Waals surface area contributed by atoms with Crippen LogP contribution in [0.1, 0.15) is 26.7 Å². The maximum Gasteiger partial charge on any atom is 0.469 e. The van der Waals surface area contributed by atoms with Gasteiger partial charge in [0.1, 0.15) is 0 Å². The van der Waals surface area contributed by atoms with Gasteiger partial charge in [-0.3, -0.25) is 4.52 Å². The molecule has 6 nitrogen and oxygen atoms in total. The Morgan fingerprint density at radius 2 is 2.00 bits per heavy atom. The van der Waals surface area contributed by atoms with Gasteiger partial charge in [0.05, 0.1) is 13.2 Å². The van der Waals surface area contributed by atoms with Crippen LogP contribution in [0.4, 0.5) is 0 Å². The first-order valence-corrected chi connectivity index (χ1v) is 6.33. The molecule has 0 unspecified atom stereocenters. The summed E-state index contributed by atoms with van der Waals surface area (Å²) in [6.07, 6.45) is 1.01. The molecule has 0 rings (SSSR count). The predicted molar refractivity (Wildman–Crippen MR) is 54.9 cm³/mol. The monoisotopic (exact) mass is 240 g/mol. The Hall–Kier alpha value is 0.0300. The fourth-order valence-electron chi connectivity index (χ4n) is 1.01. The summed E-state index contributed by atoms with van der Waals surface area (Å²) in [5, 5.41) is 13.3. The molecule has 0 aliphatic rings. The van der Waals surface area contributed by atoms with E-state index >= 15 is 0 Å². The van der Waals surface area contributed by atoms with Crippen molar-refractivity contribution in [2.45, 2.75) is 32.2 Å². The van der Waals surface area contributed by atoms with Crippen LogP contribution in [0.2, 0.25) is 0 Å². The Morgan fingerprint density at radius 1 is 1.40 bits per heavy atom. The van der Waals surface area contributed by atoms with Gasteiger partial charge >= 0.3 is 7.82 Å². The zero-order chi connectivity index (χ0) is 11.9. The van der Waals surface area contributed by atoms with Crippen molar-refractivity contribution >= 4 is 7.82 Å². The number of hydrogen-bond donors (Lipinski definition) is 3. The van der Waals surface area contributed by atoms with Gasteiger partial charge in [-0.15, -0.1) is 0 Å². The average molecular weight is 240 g/mol. The highest BCUT2D eigenvalue weighted by Gasteiger charge is 2.20. The van der Waals surface area contributed by atoms with Crippen LogP contribution in [-0.4, -0.2) is 35.1 Å². The summed E-state index contributed by atoms with van der Waals surface area (Å²) < 4.78 is 14.7. The van der Waals surface area contributed by atoms with Crippen LogP contribution >= 0.6 is 7.82 Å². The summed E-state index contributed by atoms with van der Waals surface area (Å²) in [6, 6.07) is 0. The molecule has 0 atom stereocenters. The molecule has 0 aliphatic heterocycles. The third-order valence-corrected chi connectivity index (χ3v) is 2.43. The van der Waals surface area contributed by atoms with Crippen molar-refractivity contribution in [3.8, 4) is 0 Å². The lowest BCUT2D eigenvalue weighted by atomic mass is 10.0. The first-order chi connectivity index (χ1) is 6.77. The number of nitrogens with one attached hydrogen (secondary N) is 1. The zero-order valence-electron chi connectivity index (χ0n) is 9.10. The van der Waals surface area contributed by atoms with Gasteiger partial charge in [0.25, 0.3) is 0 Å². The summed E-state index contributed by atoms with van der Waals surface area (Å²) in [5.74, 6) is 0. The van der Waals surface area contributed by atoms with Crippen molar-refractivity contribution in [2.75, 3.05) is 19.8 Å². The molecule has 0 fully saturated rings. The second-order valence-electron chi connectivity index (χ2n) is 3.94. The molecule has 0 saturated carbocycles. The Balaban J connectivity index is 3.69. The summed E-state index contributed by atoms with van der Waals surface area (Å²) in [5.41, 5.74) is -0.287. The maximum absolute atomic E-state index is 10.4. The average Bonchev–Trinajstić information content (AvgIpc) is 2.01. The quantitative estimate of drug-likeness (QED) is 0.428. The Kier molecular flexibility index (Phi) is 6.59. The van der Waals surface area contributed by atoms with Gasteiger partial charge in [-0.25, -0.2) is 9.67 Å². The molecule has 0 aromatic heterocycles. The minimum atomic E-state index is -4.36. The highest BCUT2D eigenvalue weighted by Crippen LogP contribution is 2.36. The molecule has 0 spiro atoms. The molecule has 7 heteroatoms. The molecule has 1 radical (unpaired) electrons. The van der Waals surface area contributed by atoms with Crippen molar-refractivity contribution in [1.29, 1.82) is 0 Å². The summed E-state index contributed by atoms with van der Waals surface area (Å²) in [4.78, 5) is 16.9. The van der Waals surface area contributed by atoms with Gasteiger partial charge in [0, 0.05) is 5.54 Å². The molecule has 0 saturated heterocycles. The molecule has 91 valence electrons. The van der Waals surface area contributed by atoms with Crippen LogP contribution < -0.4 is 5.32 Å². The number of phosphoric acid groups is 1. The molecule has 0 bridgehead atoms. The number of rotatable bonds is 8. The van der Waals surface area contributed by atoms with Gasteiger partial charge in [0.2, 0.25) is 0 Å². The molecule has 15 heavy (non-hydrogen) atoms. The van der Waals surface area contributed by atoms with E-state index < -0.39 is 7.82 Å². The van der Waals surface area contributed by atoms with E-state index in [1.165, 1.54) is 0 Å². The van der Waals surface area contributed by atoms with E-state index in [2.05, 4.69) is 9.84 Å². The third kappa shape index (κ3) is 10.3. The molecule has 0 aromatic rings. The fraction of sp³-hybridized carbons (Fsp3) is 1.00. The van der Waals surface area contributed by atoms with E-state index in [4.69, 9.17) is 9.79 Å². The molecule has 0 amide bonds. The first-order valence-electron chi connectivity index (χ1n) is 4.80. The zero-order valence-corrected chi connectivity index (χ0v) is 10.00. The first kappa shape index (κ1) is 15.0. The number of hydrogen-bond acceptors (Lipinski definition) is 3. The minimum absolute atomic E-state index is 0.0122. The normalized spacial score (nSPS) is 13.1. The van der Waals surface area contributed by atoms with Gasteiger partial charge in [-0.1, -0.05) is 0 Å². The topological polar surface area (TPSA) is 98.7 Å². The lowest BCUT2D eigenvalue weighted by Crippen LogP contribution is -2.40. The van der Waals surface area contributed by atoms with Gasteiger partial charge in [0.15, 0.2) is 0 Å². The molecular formula is C8H19NO5P. The fourth-order valence-corrected chi connectivity index (χ4v) is 1.34. The molecule has 0 aromatic carbocycles. The molecule has 0 aliphatic carbocycles. The summed E-state index contributed by atoms with van der Waals surface area (Å²) >= 11 is 0. The highest BCUT2D eigenvalue weighted by atomic mass is 31.2. The Bertz CT molecular complexity index is 215. The van der Waals surface area contributed by atoms with Crippen LogP contribution in [0.3, 0.4) is 0 Å². The van der Waals surface area contributed by atoms with Crippen molar-refractivity contribution in [2.24, 2.45) is 0 Å². The van der Waals surface area contributed by atoms with E-state index in [1.54, 1.807) is 0 Å². The van der Waals surface area contributed by atoms with E-state index in [-0.39, 0.29) is 18.8 Å². The predicted octanol–water partition coefficient (Wildman–Crippen LogP) is 0.675. The van der Waals surface area contributed by atoms with Gasteiger partial charge in [-0.2, -0.15) is 0 Å². The minimum Gasteiger partial charge on any atom is -0.312 e. The largest absolute Gasteiger partial charge is 0.469 e. The van der Waals surface area contributed by atoms with E-state index in [9.17, 15) is 9.67 Å². The number of phosphoric ester groups is 1. The molecule has 0 heterocycles. The highest BCUT2D eigenvalue weighted by molar-refractivity contribution is 7.46. The Morgan fingerprint density at radius 3 is 2.47 bits per heavy atom. The Labute approximate surface area is 89.9 Å². The standard InChI is InChI=1S/C8H19NO5P/c1-8(2,9-5-3-6-10)4-7-14-15(11,12)13/h9H,3-7H2,1-2H3,(H2,11,12,13). The van der Waals surface area contributed by atoms with Crippen LogP contribution in [0, 0.1) is 0 Å². The van der Waals surface area contributed by atoms with Crippen molar-refractivity contribution in [1.82, 2.24) is 5.32 Å². The van der Waals surface area contributed by atoms with E-state index in [0.29, 0.717) is 19.4 Å². The van der Waals surface area contributed by atoms with Gasteiger partial charge in [-0.05, 0) is 33.2 Å². The molecular weight excluding hydrogens is 221 g/mol. The van der Waals surface area contributed by atoms with Crippen LogP contribution in [0.25, 0.3) is 0 Å². The van der Waals surface area contributed by atoms with Crippen LogP contribution in [0.5, 0.6) is 0 Å². The van der Waals surface area contributed by atoms with Gasteiger partial charge < -0.3 is 15.1 Å². The second-order valence-corrected chi connectivity index (χ2v) is 5.18. The lowest BCUT2D eigenvalue weighted by Gasteiger charge is -2.26. The molecule has 3 N–H and O–H groups in total. The van der Waals surface area contributed by atoms with Crippen LogP contribution in [-0.2, 0) is 14.2 Å².